The number of rotatable bonds is 6. The third-order valence-corrected chi connectivity index (χ3v) is 10.5. The summed E-state index contributed by atoms with van der Waals surface area (Å²) in [6.07, 6.45) is 1.75. The first-order chi connectivity index (χ1) is 20.2. The first-order valence-electron chi connectivity index (χ1n) is 13.8. The number of para-hydroxylation sites is 2. The number of sulfonamides is 1. The van der Waals surface area contributed by atoms with Gasteiger partial charge in [0.25, 0.3) is 15.9 Å². The minimum absolute atomic E-state index is 0.133. The number of aryl methyl sites for hydroxylation is 1. The number of allylic oxidation sites excluding steroid dienone is 1. The second-order valence-electron chi connectivity index (χ2n) is 10.9. The van der Waals surface area contributed by atoms with Gasteiger partial charge in [0.2, 0.25) is 0 Å². The first kappa shape index (κ1) is 27.9. The van der Waals surface area contributed by atoms with E-state index in [9.17, 15) is 8.42 Å². The number of hydrazine groups is 1. The van der Waals surface area contributed by atoms with Crippen LogP contribution in [0.15, 0.2) is 127 Å². The standard InChI is InChI=1S/C34H33N3O4S/c1-5-29-28-18-12-13-19-30(28)37(42(39,40)27-22-20-24(2)21-23-27)31(25-14-8-6-9-15-25)34(29)32(38)36(35-33(34,3)41-4)26-16-10-7-11-17-26/h5-23,29,31,35H,1H2,2-4H3. The van der Waals surface area contributed by atoms with E-state index in [0.717, 1.165) is 5.56 Å². The minimum Gasteiger partial charge on any atom is -0.361 e. The second kappa shape index (κ2) is 10.2. The van der Waals surface area contributed by atoms with Crippen LogP contribution in [0.2, 0.25) is 0 Å². The van der Waals surface area contributed by atoms with E-state index < -0.39 is 33.1 Å². The Bertz CT molecular complexity index is 1740. The van der Waals surface area contributed by atoms with Crippen LogP contribution < -0.4 is 14.7 Å². The van der Waals surface area contributed by atoms with Crippen molar-refractivity contribution < 1.29 is 17.9 Å². The number of benzene rings is 4. The average molecular weight is 580 g/mol. The molecule has 4 aromatic carbocycles. The van der Waals surface area contributed by atoms with E-state index in [1.54, 1.807) is 36.4 Å². The lowest BCUT2D eigenvalue weighted by Gasteiger charge is -2.55. The smallest absolute Gasteiger partial charge is 0.264 e. The van der Waals surface area contributed by atoms with Crippen LogP contribution in [0.1, 0.15) is 35.6 Å². The highest BCUT2D eigenvalue weighted by Crippen LogP contribution is 2.65. The van der Waals surface area contributed by atoms with Crippen molar-refractivity contribution in [2.24, 2.45) is 5.41 Å². The van der Waals surface area contributed by atoms with Crippen molar-refractivity contribution in [2.45, 2.75) is 36.4 Å². The number of hydrogen-bond acceptors (Lipinski definition) is 5. The lowest BCUT2D eigenvalue weighted by molar-refractivity contribution is -0.148. The highest BCUT2D eigenvalue weighted by Gasteiger charge is 2.73. The van der Waals surface area contributed by atoms with E-state index in [-0.39, 0.29) is 10.8 Å². The Balaban J connectivity index is 1.74. The molecule has 42 heavy (non-hydrogen) atoms. The van der Waals surface area contributed by atoms with Crippen LogP contribution in [0.3, 0.4) is 0 Å². The molecule has 6 rings (SSSR count). The molecule has 1 saturated heterocycles. The Morgan fingerprint density at radius 3 is 2.10 bits per heavy atom. The van der Waals surface area contributed by atoms with Gasteiger partial charge in [-0.1, -0.05) is 90.5 Å². The number of carbonyl (C=O) groups excluding carboxylic acids is 1. The fraction of sp³-hybridized carbons (Fsp3) is 0.206. The number of ether oxygens (including phenoxy) is 1. The predicted molar refractivity (Wildman–Crippen MR) is 164 cm³/mol. The molecule has 0 saturated carbocycles. The van der Waals surface area contributed by atoms with Crippen LogP contribution >= 0.6 is 0 Å². The molecule has 1 spiro atoms. The van der Waals surface area contributed by atoms with Crippen molar-refractivity contribution in [1.29, 1.82) is 0 Å². The number of carbonyl (C=O) groups is 1. The Labute approximate surface area is 247 Å². The summed E-state index contributed by atoms with van der Waals surface area (Å²) in [7, 11) is -2.66. The molecule has 214 valence electrons. The Morgan fingerprint density at radius 2 is 1.48 bits per heavy atom. The maximum absolute atomic E-state index is 15.2. The zero-order valence-electron chi connectivity index (χ0n) is 23.8. The number of amides is 1. The fourth-order valence-corrected chi connectivity index (χ4v) is 8.35. The molecule has 7 nitrogen and oxygen atoms in total. The fourth-order valence-electron chi connectivity index (χ4n) is 6.66. The van der Waals surface area contributed by atoms with Gasteiger partial charge in [-0.25, -0.2) is 13.4 Å². The van der Waals surface area contributed by atoms with Gasteiger partial charge in [0.1, 0.15) is 5.41 Å². The summed E-state index contributed by atoms with van der Waals surface area (Å²) >= 11 is 0. The molecule has 0 aromatic heterocycles. The second-order valence-corrected chi connectivity index (χ2v) is 12.7. The molecule has 2 aliphatic heterocycles. The molecule has 1 N–H and O–H groups in total. The van der Waals surface area contributed by atoms with E-state index in [0.29, 0.717) is 22.5 Å². The molecule has 2 aliphatic rings. The number of anilines is 2. The number of hydrogen-bond donors (Lipinski definition) is 1. The summed E-state index contributed by atoms with van der Waals surface area (Å²) in [5.41, 5.74) is 3.84. The molecule has 0 aliphatic carbocycles. The minimum atomic E-state index is -4.20. The largest absolute Gasteiger partial charge is 0.361 e. The lowest BCUT2D eigenvalue weighted by Crippen LogP contribution is -2.64. The van der Waals surface area contributed by atoms with Gasteiger partial charge >= 0.3 is 0 Å². The SMILES string of the molecule is C=CC1c2ccccc2N(S(=O)(=O)c2ccc(C)cc2)C(c2ccccc2)C12C(=O)N(c1ccccc1)NC2(C)OC. The average Bonchev–Trinajstić information content (AvgIpc) is 3.25. The van der Waals surface area contributed by atoms with Gasteiger partial charge in [-0.2, -0.15) is 5.43 Å². The first-order valence-corrected chi connectivity index (χ1v) is 15.2. The van der Waals surface area contributed by atoms with E-state index in [1.807, 2.05) is 92.7 Å². The molecule has 0 radical (unpaired) electrons. The summed E-state index contributed by atoms with van der Waals surface area (Å²) in [5.74, 6) is -0.947. The van der Waals surface area contributed by atoms with E-state index in [4.69, 9.17) is 4.74 Å². The molecule has 8 heteroatoms. The van der Waals surface area contributed by atoms with Crippen molar-refractivity contribution in [3.8, 4) is 0 Å². The van der Waals surface area contributed by atoms with Gasteiger partial charge < -0.3 is 4.74 Å². The third kappa shape index (κ3) is 3.86. The van der Waals surface area contributed by atoms with Crippen molar-refractivity contribution in [3.05, 3.63) is 139 Å². The number of fused-ring (bicyclic) bond motifs is 1. The van der Waals surface area contributed by atoms with Gasteiger partial charge in [0, 0.05) is 13.0 Å². The van der Waals surface area contributed by atoms with Crippen LogP contribution in [-0.2, 0) is 19.6 Å². The maximum Gasteiger partial charge on any atom is 0.264 e. The molecular weight excluding hydrogens is 546 g/mol. The monoisotopic (exact) mass is 579 g/mol. The van der Waals surface area contributed by atoms with Crippen LogP contribution in [-0.4, -0.2) is 27.2 Å². The maximum atomic E-state index is 15.2. The number of nitrogens with zero attached hydrogens (tertiary/aromatic N) is 2. The summed E-state index contributed by atoms with van der Waals surface area (Å²) < 4.78 is 37.4. The quantitative estimate of drug-likeness (QED) is 0.279. The van der Waals surface area contributed by atoms with Crippen LogP contribution in [0.4, 0.5) is 11.4 Å². The molecule has 1 fully saturated rings. The molecule has 4 atom stereocenters. The van der Waals surface area contributed by atoms with Crippen molar-refractivity contribution in [2.75, 3.05) is 16.4 Å². The summed E-state index contributed by atoms with van der Waals surface area (Å²) in [6.45, 7) is 7.92. The van der Waals surface area contributed by atoms with Crippen molar-refractivity contribution >= 4 is 27.3 Å². The van der Waals surface area contributed by atoms with Crippen LogP contribution in [0, 0.1) is 12.3 Å². The Kier molecular flexibility index (Phi) is 6.80. The topological polar surface area (TPSA) is 79.0 Å². The van der Waals surface area contributed by atoms with E-state index >= 15 is 4.79 Å². The van der Waals surface area contributed by atoms with Gasteiger partial charge in [-0.15, -0.1) is 6.58 Å². The normalized spacial score (nSPS) is 25.5. The predicted octanol–water partition coefficient (Wildman–Crippen LogP) is 6.12. The molecule has 4 aromatic rings. The molecule has 4 unspecified atom stereocenters. The van der Waals surface area contributed by atoms with Gasteiger partial charge in [-0.3, -0.25) is 9.10 Å². The highest BCUT2D eigenvalue weighted by molar-refractivity contribution is 7.92. The van der Waals surface area contributed by atoms with Gasteiger partial charge in [0.15, 0.2) is 5.72 Å². The molecule has 0 bridgehead atoms. The van der Waals surface area contributed by atoms with Crippen LogP contribution in [0.5, 0.6) is 0 Å². The van der Waals surface area contributed by atoms with Crippen molar-refractivity contribution in [3.63, 3.8) is 0 Å². The number of nitrogens with one attached hydrogen (secondary N) is 1. The molecule has 2 heterocycles. The van der Waals surface area contributed by atoms with Gasteiger partial charge in [-0.05, 0) is 55.3 Å². The number of methoxy groups -OCH3 is 1. The Hall–Kier alpha value is -4.24. The summed E-state index contributed by atoms with van der Waals surface area (Å²) in [5, 5.41) is 1.49. The van der Waals surface area contributed by atoms with Gasteiger partial charge in [0.05, 0.1) is 22.3 Å². The molecular formula is C34H33N3O4S. The van der Waals surface area contributed by atoms with Crippen LogP contribution in [0.25, 0.3) is 0 Å². The zero-order valence-corrected chi connectivity index (χ0v) is 24.6. The zero-order chi connectivity index (χ0) is 29.7. The van der Waals surface area contributed by atoms with E-state index in [2.05, 4.69) is 12.0 Å². The highest BCUT2D eigenvalue weighted by atomic mass is 32.2. The Morgan fingerprint density at radius 1 is 0.881 bits per heavy atom. The third-order valence-electron chi connectivity index (χ3n) is 8.69. The van der Waals surface area contributed by atoms with Crippen molar-refractivity contribution in [1.82, 2.24) is 5.43 Å². The van der Waals surface area contributed by atoms with E-state index in [1.165, 1.54) is 16.4 Å². The summed E-state index contributed by atoms with van der Waals surface area (Å²) in [6, 6.07) is 31.7. The lowest BCUT2D eigenvalue weighted by atomic mass is 9.58. The molecule has 1 amide bonds. The summed E-state index contributed by atoms with van der Waals surface area (Å²) in [4.78, 5) is 15.3.